The first kappa shape index (κ1) is 22.7. The average Bonchev–Trinajstić information content (AvgIpc) is 3.29. The van der Waals surface area contributed by atoms with E-state index in [0.29, 0.717) is 33.0 Å². The molecule has 3 rings (SSSR count). The van der Waals surface area contributed by atoms with Crippen molar-refractivity contribution in [2.45, 2.75) is 25.7 Å². The summed E-state index contributed by atoms with van der Waals surface area (Å²) in [4.78, 5) is 18.4. The minimum atomic E-state index is -3.73. The number of phenolic OH excluding ortho intramolecular Hbond substituents is 1. The van der Waals surface area contributed by atoms with Crippen LogP contribution in [0.1, 0.15) is 29.2 Å². The van der Waals surface area contributed by atoms with Crippen molar-refractivity contribution in [3.05, 3.63) is 45.2 Å². The van der Waals surface area contributed by atoms with Crippen LogP contribution in [-0.4, -0.2) is 41.8 Å². The number of thiazole rings is 1. The van der Waals surface area contributed by atoms with Gasteiger partial charge in [0.15, 0.2) is 0 Å². The molecule has 3 aromatic rings. The van der Waals surface area contributed by atoms with Crippen LogP contribution in [0.3, 0.4) is 0 Å². The third-order valence-electron chi connectivity index (χ3n) is 4.35. The number of benzene rings is 1. The molecular formula is C19H20ClN3O4S3. The standard InChI is InChI=1S/C19H20ClN3O4S3/c1-4-23(5-2)30(26,27)12-6-7-14(24)13(10-12)22-18(25)17-11(3)21-19(29-17)15-8-9-16(20)28-15/h6-10,24H,4-5H2,1-3H3,(H,22,25). The Labute approximate surface area is 188 Å². The summed E-state index contributed by atoms with van der Waals surface area (Å²) >= 11 is 8.54. The Balaban J connectivity index is 1.90. The fourth-order valence-corrected chi connectivity index (χ4v) is 6.35. The van der Waals surface area contributed by atoms with Crippen LogP contribution in [-0.2, 0) is 10.0 Å². The number of carbonyl (C=O) groups excluding carboxylic acids is 1. The second-order valence-electron chi connectivity index (χ2n) is 6.26. The van der Waals surface area contributed by atoms with Crippen LogP contribution < -0.4 is 5.32 Å². The molecule has 0 aliphatic rings. The van der Waals surface area contributed by atoms with Gasteiger partial charge < -0.3 is 10.4 Å². The van der Waals surface area contributed by atoms with Crippen LogP contribution in [0.5, 0.6) is 5.75 Å². The van der Waals surface area contributed by atoms with Crippen molar-refractivity contribution >= 4 is 55.9 Å². The second kappa shape index (κ2) is 9.03. The summed E-state index contributed by atoms with van der Waals surface area (Å²) < 4.78 is 27.4. The third kappa shape index (κ3) is 4.52. The topological polar surface area (TPSA) is 99.6 Å². The van der Waals surface area contributed by atoms with E-state index in [9.17, 15) is 18.3 Å². The molecule has 2 heterocycles. The van der Waals surface area contributed by atoms with Crippen molar-refractivity contribution < 1.29 is 18.3 Å². The summed E-state index contributed by atoms with van der Waals surface area (Å²) in [5, 5.41) is 13.4. The van der Waals surface area contributed by atoms with E-state index in [2.05, 4.69) is 10.3 Å². The first-order valence-electron chi connectivity index (χ1n) is 9.05. The zero-order valence-electron chi connectivity index (χ0n) is 16.5. The molecule has 7 nitrogen and oxygen atoms in total. The van der Waals surface area contributed by atoms with E-state index < -0.39 is 15.9 Å². The predicted molar refractivity (Wildman–Crippen MR) is 121 cm³/mol. The molecule has 160 valence electrons. The SMILES string of the molecule is CCN(CC)S(=O)(=O)c1ccc(O)c(NC(=O)c2sc(-c3ccc(Cl)s3)nc2C)c1. The van der Waals surface area contributed by atoms with Gasteiger partial charge in [-0.1, -0.05) is 25.4 Å². The van der Waals surface area contributed by atoms with Gasteiger partial charge in [-0.2, -0.15) is 4.31 Å². The van der Waals surface area contributed by atoms with Crippen molar-refractivity contribution in [3.63, 3.8) is 0 Å². The molecule has 0 aliphatic heterocycles. The van der Waals surface area contributed by atoms with E-state index >= 15 is 0 Å². The Morgan fingerprint density at radius 1 is 1.20 bits per heavy atom. The second-order valence-corrected chi connectivity index (χ2v) is 10.9. The summed E-state index contributed by atoms with van der Waals surface area (Å²) in [7, 11) is -3.73. The molecule has 0 spiro atoms. The van der Waals surface area contributed by atoms with Gasteiger partial charge in [0.05, 0.1) is 25.5 Å². The monoisotopic (exact) mass is 485 g/mol. The summed E-state index contributed by atoms with van der Waals surface area (Å²) in [5.74, 6) is -0.708. The van der Waals surface area contributed by atoms with Gasteiger partial charge >= 0.3 is 0 Å². The quantitative estimate of drug-likeness (QED) is 0.467. The van der Waals surface area contributed by atoms with E-state index in [1.807, 2.05) is 6.07 Å². The molecule has 0 saturated heterocycles. The average molecular weight is 486 g/mol. The van der Waals surface area contributed by atoms with Gasteiger partial charge in [0.1, 0.15) is 15.6 Å². The van der Waals surface area contributed by atoms with E-state index in [4.69, 9.17) is 11.6 Å². The van der Waals surface area contributed by atoms with Crippen molar-refractivity contribution in [2.24, 2.45) is 0 Å². The molecule has 1 aromatic carbocycles. The van der Waals surface area contributed by atoms with Crippen LogP contribution in [0.25, 0.3) is 9.88 Å². The Bertz CT molecular complexity index is 1180. The molecule has 2 N–H and O–H groups in total. The lowest BCUT2D eigenvalue weighted by atomic mass is 10.2. The van der Waals surface area contributed by atoms with Crippen LogP contribution in [0.4, 0.5) is 5.69 Å². The number of aromatic nitrogens is 1. The Morgan fingerprint density at radius 3 is 2.50 bits per heavy atom. The number of nitrogens with zero attached hydrogens (tertiary/aromatic N) is 2. The normalized spacial score (nSPS) is 11.8. The molecular weight excluding hydrogens is 466 g/mol. The fourth-order valence-electron chi connectivity index (χ4n) is 2.81. The number of carbonyl (C=O) groups is 1. The van der Waals surface area contributed by atoms with Crippen LogP contribution in [0.15, 0.2) is 35.2 Å². The van der Waals surface area contributed by atoms with Crippen molar-refractivity contribution in [1.82, 2.24) is 9.29 Å². The molecule has 1 amide bonds. The van der Waals surface area contributed by atoms with Gasteiger partial charge in [-0.05, 0) is 37.3 Å². The van der Waals surface area contributed by atoms with Gasteiger partial charge in [-0.3, -0.25) is 4.79 Å². The Hall–Kier alpha value is -1.98. The van der Waals surface area contributed by atoms with Gasteiger partial charge in [-0.25, -0.2) is 13.4 Å². The van der Waals surface area contributed by atoms with Crippen LogP contribution >= 0.6 is 34.3 Å². The molecule has 0 fully saturated rings. The molecule has 0 saturated carbocycles. The highest BCUT2D eigenvalue weighted by atomic mass is 35.5. The third-order valence-corrected chi connectivity index (χ3v) is 8.95. The van der Waals surface area contributed by atoms with Crippen LogP contribution in [0, 0.1) is 6.92 Å². The van der Waals surface area contributed by atoms with Gasteiger partial charge in [0.25, 0.3) is 5.91 Å². The number of aryl methyl sites for hydroxylation is 1. The molecule has 0 unspecified atom stereocenters. The zero-order valence-corrected chi connectivity index (χ0v) is 19.7. The lowest BCUT2D eigenvalue weighted by Gasteiger charge is -2.19. The van der Waals surface area contributed by atoms with Gasteiger partial charge in [0.2, 0.25) is 10.0 Å². The minimum absolute atomic E-state index is 0.00533. The molecule has 11 heteroatoms. The number of thiophene rings is 1. The smallest absolute Gasteiger partial charge is 0.267 e. The maximum Gasteiger partial charge on any atom is 0.267 e. The summed E-state index contributed by atoms with van der Waals surface area (Å²) in [6.07, 6.45) is 0. The highest BCUT2D eigenvalue weighted by Crippen LogP contribution is 2.36. The molecule has 30 heavy (non-hydrogen) atoms. The number of sulfonamides is 1. The molecule has 0 radical (unpaired) electrons. The fraction of sp³-hybridized carbons (Fsp3) is 0.263. The molecule has 0 bridgehead atoms. The number of hydrogen-bond acceptors (Lipinski definition) is 7. The van der Waals surface area contributed by atoms with Crippen molar-refractivity contribution in [3.8, 4) is 15.6 Å². The first-order chi connectivity index (χ1) is 14.2. The minimum Gasteiger partial charge on any atom is -0.506 e. The number of phenols is 1. The number of nitrogens with one attached hydrogen (secondary N) is 1. The Kier molecular flexibility index (Phi) is 6.83. The van der Waals surface area contributed by atoms with Crippen molar-refractivity contribution in [1.29, 1.82) is 0 Å². The van der Waals surface area contributed by atoms with E-state index in [-0.39, 0.29) is 16.3 Å². The zero-order chi connectivity index (χ0) is 22.1. The molecule has 0 aliphatic carbocycles. The van der Waals surface area contributed by atoms with E-state index in [1.54, 1.807) is 26.8 Å². The number of rotatable bonds is 7. The molecule has 2 aromatic heterocycles. The summed E-state index contributed by atoms with van der Waals surface area (Å²) in [6.45, 7) is 5.84. The van der Waals surface area contributed by atoms with E-state index in [0.717, 1.165) is 4.88 Å². The largest absolute Gasteiger partial charge is 0.506 e. The lowest BCUT2D eigenvalue weighted by molar-refractivity contribution is 0.102. The number of anilines is 1. The lowest BCUT2D eigenvalue weighted by Crippen LogP contribution is -2.30. The first-order valence-corrected chi connectivity index (χ1v) is 12.5. The maximum atomic E-state index is 12.8. The number of amides is 1. The van der Waals surface area contributed by atoms with Crippen LogP contribution in [0.2, 0.25) is 4.34 Å². The summed E-state index contributed by atoms with van der Waals surface area (Å²) in [6, 6.07) is 7.43. The Morgan fingerprint density at radius 2 is 1.90 bits per heavy atom. The van der Waals surface area contributed by atoms with E-state index in [1.165, 1.54) is 45.2 Å². The van der Waals surface area contributed by atoms with Gasteiger partial charge in [0, 0.05) is 13.1 Å². The number of halogens is 1. The summed E-state index contributed by atoms with van der Waals surface area (Å²) in [5.41, 5.74) is 0.546. The van der Waals surface area contributed by atoms with Crippen molar-refractivity contribution in [2.75, 3.05) is 18.4 Å². The highest BCUT2D eigenvalue weighted by Gasteiger charge is 2.24. The predicted octanol–water partition coefficient (Wildman–Crippen LogP) is 4.82. The number of hydrogen-bond donors (Lipinski definition) is 2. The molecule has 0 atom stereocenters. The maximum absolute atomic E-state index is 12.8. The highest BCUT2D eigenvalue weighted by molar-refractivity contribution is 7.89. The van der Waals surface area contributed by atoms with Gasteiger partial charge in [-0.15, -0.1) is 22.7 Å². The number of aromatic hydroxyl groups is 1.